The number of hydrogen-bond acceptors (Lipinski definition) is 3. The SMILES string of the molecule is NC[C@H](N)c1ccccc1N1CCCCC1. The number of rotatable bonds is 3. The zero-order valence-electron chi connectivity index (χ0n) is 9.73. The third kappa shape index (κ3) is 2.36. The summed E-state index contributed by atoms with van der Waals surface area (Å²) in [7, 11) is 0. The summed E-state index contributed by atoms with van der Waals surface area (Å²) in [5.74, 6) is 0. The average Bonchev–Trinajstić information content (AvgIpc) is 2.39. The summed E-state index contributed by atoms with van der Waals surface area (Å²) in [5, 5.41) is 0. The topological polar surface area (TPSA) is 55.3 Å². The molecule has 1 fully saturated rings. The molecule has 1 aromatic rings. The third-order valence-electron chi connectivity index (χ3n) is 3.29. The maximum absolute atomic E-state index is 6.05. The van der Waals surface area contributed by atoms with Crippen molar-refractivity contribution in [2.24, 2.45) is 11.5 Å². The van der Waals surface area contributed by atoms with E-state index >= 15 is 0 Å². The van der Waals surface area contributed by atoms with Crippen LogP contribution in [0.4, 0.5) is 5.69 Å². The molecule has 1 saturated heterocycles. The Balaban J connectivity index is 2.24. The number of anilines is 1. The van der Waals surface area contributed by atoms with Crippen molar-refractivity contribution in [2.75, 3.05) is 24.5 Å². The van der Waals surface area contributed by atoms with Gasteiger partial charge in [-0.15, -0.1) is 0 Å². The molecular weight excluding hydrogens is 198 g/mol. The van der Waals surface area contributed by atoms with Gasteiger partial charge in [0, 0.05) is 31.4 Å². The second-order valence-electron chi connectivity index (χ2n) is 4.45. The second-order valence-corrected chi connectivity index (χ2v) is 4.45. The van der Waals surface area contributed by atoms with E-state index in [2.05, 4.69) is 23.1 Å². The Morgan fingerprint density at radius 1 is 1.12 bits per heavy atom. The second kappa shape index (κ2) is 5.32. The van der Waals surface area contributed by atoms with Crippen LogP contribution < -0.4 is 16.4 Å². The Kier molecular flexibility index (Phi) is 3.80. The van der Waals surface area contributed by atoms with Crippen LogP contribution >= 0.6 is 0 Å². The van der Waals surface area contributed by atoms with Crippen molar-refractivity contribution < 1.29 is 0 Å². The molecule has 1 atom stereocenters. The van der Waals surface area contributed by atoms with Gasteiger partial charge >= 0.3 is 0 Å². The normalized spacial score (nSPS) is 18.5. The van der Waals surface area contributed by atoms with Gasteiger partial charge in [0.15, 0.2) is 0 Å². The predicted molar refractivity (Wildman–Crippen MR) is 68.5 cm³/mol. The van der Waals surface area contributed by atoms with Gasteiger partial charge in [0.25, 0.3) is 0 Å². The van der Waals surface area contributed by atoms with E-state index in [9.17, 15) is 0 Å². The first-order valence-corrected chi connectivity index (χ1v) is 6.12. The van der Waals surface area contributed by atoms with E-state index < -0.39 is 0 Å². The van der Waals surface area contributed by atoms with Crippen LogP contribution in [0.1, 0.15) is 30.9 Å². The van der Waals surface area contributed by atoms with E-state index in [1.54, 1.807) is 0 Å². The van der Waals surface area contributed by atoms with Crippen molar-refractivity contribution >= 4 is 5.69 Å². The van der Waals surface area contributed by atoms with Crippen LogP contribution in [0, 0.1) is 0 Å². The zero-order chi connectivity index (χ0) is 11.4. The minimum atomic E-state index is -0.0434. The van der Waals surface area contributed by atoms with Gasteiger partial charge in [0.2, 0.25) is 0 Å². The van der Waals surface area contributed by atoms with Crippen LogP contribution in [0.5, 0.6) is 0 Å². The molecule has 88 valence electrons. The largest absolute Gasteiger partial charge is 0.371 e. The van der Waals surface area contributed by atoms with Crippen molar-refractivity contribution in [1.82, 2.24) is 0 Å². The molecule has 1 aliphatic rings. The smallest absolute Gasteiger partial charge is 0.0440 e. The van der Waals surface area contributed by atoms with Crippen LogP contribution in [0.25, 0.3) is 0 Å². The summed E-state index contributed by atoms with van der Waals surface area (Å²) in [6, 6.07) is 8.34. The fourth-order valence-electron chi connectivity index (χ4n) is 2.35. The highest BCUT2D eigenvalue weighted by atomic mass is 15.1. The molecule has 0 unspecified atom stereocenters. The van der Waals surface area contributed by atoms with E-state index in [1.807, 2.05) is 6.07 Å². The molecule has 0 spiro atoms. The molecule has 3 heteroatoms. The van der Waals surface area contributed by atoms with Crippen LogP contribution in [0.15, 0.2) is 24.3 Å². The van der Waals surface area contributed by atoms with E-state index in [0.717, 1.165) is 13.1 Å². The molecule has 0 saturated carbocycles. The van der Waals surface area contributed by atoms with Gasteiger partial charge in [0.05, 0.1) is 0 Å². The molecule has 2 rings (SSSR count). The van der Waals surface area contributed by atoms with E-state index in [1.165, 1.54) is 30.5 Å². The van der Waals surface area contributed by atoms with Gasteiger partial charge in [-0.05, 0) is 30.9 Å². The molecule has 1 aliphatic heterocycles. The lowest BCUT2D eigenvalue weighted by Gasteiger charge is -2.31. The van der Waals surface area contributed by atoms with Gasteiger partial charge in [0.1, 0.15) is 0 Å². The summed E-state index contributed by atoms with van der Waals surface area (Å²) in [6.45, 7) is 2.80. The highest BCUT2D eigenvalue weighted by Crippen LogP contribution is 2.27. The van der Waals surface area contributed by atoms with Crippen molar-refractivity contribution in [3.05, 3.63) is 29.8 Å². The minimum absolute atomic E-state index is 0.0434. The first-order valence-electron chi connectivity index (χ1n) is 6.12. The van der Waals surface area contributed by atoms with Gasteiger partial charge in [-0.2, -0.15) is 0 Å². The van der Waals surface area contributed by atoms with E-state index in [-0.39, 0.29) is 6.04 Å². The number of hydrogen-bond donors (Lipinski definition) is 2. The fraction of sp³-hybridized carbons (Fsp3) is 0.538. The van der Waals surface area contributed by atoms with Crippen LogP contribution in [-0.2, 0) is 0 Å². The van der Waals surface area contributed by atoms with Gasteiger partial charge in [-0.25, -0.2) is 0 Å². The number of nitrogens with two attached hydrogens (primary N) is 2. The molecule has 1 heterocycles. The average molecular weight is 219 g/mol. The van der Waals surface area contributed by atoms with Gasteiger partial charge < -0.3 is 16.4 Å². The molecule has 0 bridgehead atoms. The molecule has 0 radical (unpaired) electrons. The maximum Gasteiger partial charge on any atom is 0.0440 e. The molecular formula is C13H21N3. The Bertz CT molecular complexity index is 332. The van der Waals surface area contributed by atoms with E-state index in [0.29, 0.717) is 6.54 Å². The molecule has 1 aromatic carbocycles. The minimum Gasteiger partial charge on any atom is -0.371 e. The van der Waals surface area contributed by atoms with Crippen LogP contribution in [0.3, 0.4) is 0 Å². The first-order chi connectivity index (χ1) is 7.83. The molecule has 0 aromatic heterocycles. The van der Waals surface area contributed by atoms with Crippen LogP contribution in [0.2, 0.25) is 0 Å². The highest BCUT2D eigenvalue weighted by molar-refractivity contribution is 5.55. The Morgan fingerprint density at radius 3 is 2.50 bits per heavy atom. The van der Waals surface area contributed by atoms with Crippen LogP contribution in [-0.4, -0.2) is 19.6 Å². The zero-order valence-corrected chi connectivity index (χ0v) is 9.73. The Morgan fingerprint density at radius 2 is 1.81 bits per heavy atom. The van der Waals surface area contributed by atoms with E-state index in [4.69, 9.17) is 11.5 Å². The predicted octanol–water partition coefficient (Wildman–Crippen LogP) is 1.64. The lowest BCUT2D eigenvalue weighted by Crippen LogP contribution is -2.32. The van der Waals surface area contributed by atoms with Crippen molar-refractivity contribution in [3.63, 3.8) is 0 Å². The number of para-hydroxylation sites is 1. The first kappa shape index (κ1) is 11.4. The molecule has 16 heavy (non-hydrogen) atoms. The Labute approximate surface area is 97.4 Å². The standard InChI is InChI=1S/C13H21N3/c14-10-12(15)11-6-2-3-7-13(11)16-8-4-1-5-9-16/h2-3,6-7,12H,1,4-5,8-10,14-15H2/t12-/m0/s1. The summed E-state index contributed by atoms with van der Waals surface area (Å²) in [6.07, 6.45) is 3.92. The third-order valence-corrected chi connectivity index (χ3v) is 3.29. The van der Waals surface area contributed by atoms with Crippen molar-refractivity contribution in [3.8, 4) is 0 Å². The quantitative estimate of drug-likeness (QED) is 0.812. The molecule has 0 aliphatic carbocycles. The summed E-state index contributed by atoms with van der Waals surface area (Å²) in [5.41, 5.74) is 14.2. The van der Waals surface area contributed by atoms with Crippen molar-refractivity contribution in [2.45, 2.75) is 25.3 Å². The molecule has 3 nitrogen and oxygen atoms in total. The summed E-state index contributed by atoms with van der Waals surface area (Å²) in [4.78, 5) is 2.44. The van der Waals surface area contributed by atoms with Gasteiger partial charge in [-0.3, -0.25) is 0 Å². The summed E-state index contributed by atoms with van der Waals surface area (Å²) >= 11 is 0. The maximum atomic E-state index is 6.05. The molecule has 4 N–H and O–H groups in total. The number of benzene rings is 1. The highest BCUT2D eigenvalue weighted by Gasteiger charge is 2.16. The monoisotopic (exact) mass is 219 g/mol. The van der Waals surface area contributed by atoms with Gasteiger partial charge in [-0.1, -0.05) is 18.2 Å². The fourth-order valence-corrected chi connectivity index (χ4v) is 2.35. The molecule has 0 amide bonds. The summed E-state index contributed by atoms with van der Waals surface area (Å²) < 4.78 is 0. The number of piperidine rings is 1. The lowest BCUT2D eigenvalue weighted by atomic mass is 10.0. The van der Waals surface area contributed by atoms with Crippen molar-refractivity contribution in [1.29, 1.82) is 0 Å². The number of nitrogens with zero attached hydrogens (tertiary/aromatic N) is 1. The lowest BCUT2D eigenvalue weighted by molar-refractivity contribution is 0.574. The Hall–Kier alpha value is -1.06.